The highest BCUT2D eigenvalue weighted by Gasteiger charge is 2.32. The van der Waals surface area contributed by atoms with Gasteiger partial charge in [-0.2, -0.15) is 5.10 Å². The van der Waals surface area contributed by atoms with E-state index in [4.69, 9.17) is 0 Å². The molecule has 0 aromatic carbocycles. The van der Waals surface area contributed by atoms with Crippen molar-refractivity contribution in [3.8, 4) is 0 Å². The van der Waals surface area contributed by atoms with E-state index in [9.17, 15) is 0 Å². The number of hydrogen-bond donors (Lipinski definition) is 2. The van der Waals surface area contributed by atoms with Crippen LogP contribution in [-0.4, -0.2) is 38.2 Å². The van der Waals surface area contributed by atoms with E-state index in [1.807, 2.05) is 18.6 Å². The predicted octanol–water partition coefficient (Wildman–Crippen LogP) is 1.69. The van der Waals surface area contributed by atoms with E-state index in [0.717, 1.165) is 38.3 Å². The second-order valence-electron chi connectivity index (χ2n) is 5.34. The summed E-state index contributed by atoms with van der Waals surface area (Å²) in [7, 11) is 0. The Labute approximate surface area is 107 Å². The molecule has 2 aromatic heterocycles. The van der Waals surface area contributed by atoms with Gasteiger partial charge in [0.25, 0.3) is 0 Å². The van der Waals surface area contributed by atoms with Gasteiger partial charge < -0.3 is 4.98 Å². The monoisotopic (exact) mass is 245 g/mol. The molecular weight excluding hydrogens is 226 g/mol. The molecule has 0 amide bonds. The highest BCUT2D eigenvalue weighted by molar-refractivity contribution is 5.14. The average Bonchev–Trinajstić information content (AvgIpc) is 3.04. The zero-order valence-electron chi connectivity index (χ0n) is 10.7. The molecule has 1 fully saturated rings. The number of hydrogen-bond acceptors (Lipinski definition) is 3. The zero-order chi connectivity index (χ0) is 12.4. The summed E-state index contributed by atoms with van der Waals surface area (Å²) in [4.78, 5) is 9.90. The third-order valence-electron chi connectivity index (χ3n) is 4.04. The van der Waals surface area contributed by atoms with Crippen LogP contribution in [0.5, 0.6) is 0 Å². The van der Waals surface area contributed by atoms with Gasteiger partial charge in [-0.3, -0.25) is 10.00 Å². The first-order valence-electron chi connectivity index (χ1n) is 6.47. The van der Waals surface area contributed by atoms with Crippen molar-refractivity contribution in [3.63, 3.8) is 0 Å². The Balaban J connectivity index is 1.61. The average molecular weight is 245 g/mol. The van der Waals surface area contributed by atoms with Crippen LogP contribution >= 0.6 is 0 Å². The van der Waals surface area contributed by atoms with Gasteiger partial charge in [-0.25, -0.2) is 4.98 Å². The number of piperidine rings is 1. The molecule has 96 valence electrons. The van der Waals surface area contributed by atoms with Gasteiger partial charge >= 0.3 is 0 Å². The van der Waals surface area contributed by atoms with Gasteiger partial charge in [0.05, 0.1) is 6.54 Å². The fourth-order valence-corrected chi connectivity index (χ4v) is 2.66. The molecule has 18 heavy (non-hydrogen) atoms. The van der Waals surface area contributed by atoms with Crippen LogP contribution in [0.3, 0.4) is 0 Å². The number of nitrogens with zero attached hydrogens (tertiary/aromatic N) is 3. The Morgan fingerprint density at radius 3 is 2.78 bits per heavy atom. The van der Waals surface area contributed by atoms with Crippen molar-refractivity contribution in [1.29, 1.82) is 0 Å². The topological polar surface area (TPSA) is 60.6 Å². The molecule has 0 spiro atoms. The van der Waals surface area contributed by atoms with Gasteiger partial charge in [-0.05, 0) is 32.0 Å². The summed E-state index contributed by atoms with van der Waals surface area (Å²) in [6.07, 6.45) is 7.86. The van der Waals surface area contributed by atoms with Crippen molar-refractivity contribution >= 4 is 0 Å². The van der Waals surface area contributed by atoms with E-state index in [1.165, 1.54) is 5.69 Å². The minimum Gasteiger partial charge on any atom is -0.348 e. The summed E-state index contributed by atoms with van der Waals surface area (Å²) in [5, 5.41) is 7.19. The Kier molecular flexibility index (Phi) is 2.91. The van der Waals surface area contributed by atoms with Gasteiger partial charge in [-0.15, -0.1) is 0 Å². The number of imidazole rings is 1. The van der Waals surface area contributed by atoms with Crippen LogP contribution in [0.2, 0.25) is 0 Å². The lowest BCUT2D eigenvalue weighted by Gasteiger charge is -2.38. The minimum absolute atomic E-state index is 0.246. The summed E-state index contributed by atoms with van der Waals surface area (Å²) < 4.78 is 0. The van der Waals surface area contributed by atoms with Crippen LogP contribution in [0.4, 0.5) is 0 Å². The smallest absolute Gasteiger partial charge is 0.120 e. The molecule has 1 aliphatic rings. The summed E-state index contributed by atoms with van der Waals surface area (Å²) in [5.74, 6) is 1.06. The van der Waals surface area contributed by atoms with E-state index in [1.54, 1.807) is 0 Å². The van der Waals surface area contributed by atoms with Gasteiger partial charge in [0.2, 0.25) is 0 Å². The van der Waals surface area contributed by atoms with Crippen molar-refractivity contribution in [2.24, 2.45) is 0 Å². The van der Waals surface area contributed by atoms with Crippen LogP contribution in [0.1, 0.15) is 31.3 Å². The molecule has 5 heteroatoms. The van der Waals surface area contributed by atoms with Crippen LogP contribution in [-0.2, 0) is 12.0 Å². The maximum absolute atomic E-state index is 4.28. The van der Waals surface area contributed by atoms with Crippen molar-refractivity contribution in [1.82, 2.24) is 25.1 Å². The third-order valence-corrected chi connectivity index (χ3v) is 4.04. The van der Waals surface area contributed by atoms with E-state index in [2.05, 4.69) is 38.1 Å². The normalized spacial score (nSPS) is 20.1. The van der Waals surface area contributed by atoms with Gasteiger partial charge in [0.1, 0.15) is 5.82 Å². The number of rotatable bonds is 3. The number of aromatic amines is 2. The maximum atomic E-state index is 4.28. The number of likely N-dealkylation sites (tertiary alicyclic amines) is 1. The molecule has 3 rings (SSSR count). The third kappa shape index (κ3) is 2.18. The summed E-state index contributed by atoms with van der Waals surface area (Å²) >= 11 is 0. The maximum Gasteiger partial charge on any atom is 0.120 e. The first-order valence-corrected chi connectivity index (χ1v) is 6.47. The Morgan fingerprint density at radius 1 is 1.33 bits per heavy atom. The predicted molar refractivity (Wildman–Crippen MR) is 69.0 cm³/mol. The molecule has 0 saturated carbocycles. The van der Waals surface area contributed by atoms with Crippen LogP contribution in [0.25, 0.3) is 0 Å². The lowest BCUT2D eigenvalue weighted by Crippen LogP contribution is -2.40. The number of aromatic nitrogens is 4. The van der Waals surface area contributed by atoms with Gasteiger partial charge in [0.15, 0.2) is 0 Å². The molecular formula is C13H19N5. The standard InChI is InChI=1S/C13H19N5/c1-13(11-2-5-16-17-11)3-8-18(9-4-13)10-12-14-6-7-15-12/h2,5-7H,3-4,8-10H2,1H3,(H,14,15)(H,16,17). The van der Waals surface area contributed by atoms with E-state index < -0.39 is 0 Å². The SMILES string of the molecule is CC1(c2ccn[nH]2)CCN(Cc2ncc[nH]2)CC1. The Hall–Kier alpha value is -1.62. The molecule has 1 saturated heterocycles. The molecule has 0 bridgehead atoms. The molecule has 0 atom stereocenters. The quantitative estimate of drug-likeness (QED) is 0.865. The van der Waals surface area contributed by atoms with E-state index >= 15 is 0 Å². The first kappa shape index (κ1) is 11.5. The fraction of sp³-hybridized carbons (Fsp3) is 0.538. The molecule has 0 radical (unpaired) electrons. The van der Waals surface area contributed by atoms with Crippen molar-refractivity contribution in [3.05, 3.63) is 36.2 Å². The van der Waals surface area contributed by atoms with Crippen molar-refractivity contribution < 1.29 is 0 Å². The fourth-order valence-electron chi connectivity index (χ4n) is 2.66. The second-order valence-corrected chi connectivity index (χ2v) is 5.34. The molecule has 0 unspecified atom stereocenters. The number of H-pyrrole nitrogens is 2. The second kappa shape index (κ2) is 4.57. The minimum atomic E-state index is 0.246. The summed E-state index contributed by atoms with van der Waals surface area (Å²) in [6.45, 7) is 5.46. The largest absolute Gasteiger partial charge is 0.348 e. The first-order chi connectivity index (χ1) is 8.76. The Morgan fingerprint density at radius 2 is 2.17 bits per heavy atom. The van der Waals surface area contributed by atoms with Crippen LogP contribution < -0.4 is 0 Å². The lowest BCUT2D eigenvalue weighted by atomic mass is 9.77. The zero-order valence-corrected chi connectivity index (χ0v) is 10.7. The summed E-state index contributed by atoms with van der Waals surface area (Å²) in [5.41, 5.74) is 1.51. The molecule has 0 aliphatic carbocycles. The van der Waals surface area contributed by atoms with E-state index in [0.29, 0.717) is 0 Å². The van der Waals surface area contributed by atoms with Crippen molar-refractivity contribution in [2.45, 2.75) is 31.7 Å². The van der Waals surface area contributed by atoms with E-state index in [-0.39, 0.29) is 5.41 Å². The Bertz CT molecular complexity index is 465. The lowest BCUT2D eigenvalue weighted by molar-refractivity contribution is 0.157. The van der Waals surface area contributed by atoms with Crippen LogP contribution in [0, 0.1) is 0 Å². The van der Waals surface area contributed by atoms with Gasteiger partial charge in [0, 0.05) is 29.7 Å². The molecule has 3 heterocycles. The highest BCUT2D eigenvalue weighted by Crippen LogP contribution is 2.33. The number of nitrogens with one attached hydrogen (secondary N) is 2. The highest BCUT2D eigenvalue weighted by atomic mass is 15.2. The van der Waals surface area contributed by atoms with Gasteiger partial charge in [-0.1, -0.05) is 6.92 Å². The molecule has 5 nitrogen and oxygen atoms in total. The molecule has 2 aromatic rings. The van der Waals surface area contributed by atoms with Crippen LogP contribution in [0.15, 0.2) is 24.7 Å². The van der Waals surface area contributed by atoms with Crippen molar-refractivity contribution in [2.75, 3.05) is 13.1 Å². The molecule has 2 N–H and O–H groups in total. The molecule has 1 aliphatic heterocycles. The summed E-state index contributed by atoms with van der Waals surface area (Å²) in [6, 6.07) is 2.10.